The Labute approximate surface area is 112 Å². The number of methoxy groups -OCH3 is 1. The largest absolute Gasteiger partial charge is 0.495 e. The van der Waals surface area contributed by atoms with E-state index in [1.807, 2.05) is 29.0 Å². The number of anilines is 1. The minimum Gasteiger partial charge on any atom is -0.495 e. The molecular weight excluding hydrogens is 268 g/mol. The van der Waals surface area contributed by atoms with Crippen LogP contribution in [0.5, 0.6) is 5.75 Å². The van der Waals surface area contributed by atoms with Crippen molar-refractivity contribution < 1.29 is 9.26 Å². The van der Waals surface area contributed by atoms with E-state index < -0.39 is 0 Å². The SMILES string of the molecule is COc1ccsc1-c1noc(N)c1-c1cccs1. The van der Waals surface area contributed by atoms with Crippen molar-refractivity contribution in [2.75, 3.05) is 12.8 Å². The first-order chi connectivity index (χ1) is 8.81. The number of aromatic nitrogens is 1. The molecule has 0 bridgehead atoms. The molecule has 0 fully saturated rings. The topological polar surface area (TPSA) is 61.3 Å². The molecular formula is C12H10N2O2S2. The highest BCUT2D eigenvalue weighted by molar-refractivity contribution is 7.14. The summed E-state index contributed by atoms with van der Waals surface area (Å²) in [5, 5.41) is 8.01. The molecule has 0 aliphatic rings. The van der Waals surface area contributed by atoms with Crippen LogP contribution in [0.15, 0.2) is 33.5 Å². The van der Waals surface area contributed by atoms with Gasteiger partial charge in [0.2, 0.25) is 5.88 Å². The lowest BCUT2D eigenvalue weighted by Crippen LogP contribution is -1.86. The molecule has 0 saturated heterocycles. The van der Waals surface area contributed by atoms with Crippen molar-refractivity contribution in [2.45, 2.75) is 0 Å². The Kier molecular flexibility index (Phi) is 2.81. The van der Waals surface area contributed by atoms with Crippen molar-refractivity contribution in [3.05, 3.63) is 29.0 Å². The third kappa shape index (κ3) is 1.70. The van der Waals surface area contributed by atoms with Crippen LogP contribution in [0, 0.1) is 0 Å². The van der Waals surface area contributed by atoms with Gasteiger partial charge in [0.25, 0.3) is 0 Å². The zero-order chi connectivity index (χ0) is 12.5. The zero-order valence-corrected chi connectivity index (χ0v) is 11.2. The molecule has 0 saturated carbocycles. The van der Waals surface area contributed by atoms with E-state index in [0.29, 0.717) is 5.88 Å². The maximum absolute atomic E-state index is 5.87. The van der Waals surface area contributed by atoms with Gasteiger partial charge >= 0.3 is 0 Å². The van der Waals surface area contributed by atoms with Gasteiger partial charge in [0.1, 0.15) is 11.4 Å². The molecule has 0 atom stereocenters. The van der Waals surface area contributed by atoms with Crippen LogP contribution in [-0.2, 0) is 0 Å². The van der Waals surface area contributed by atoms with Crippen molar-refractivity contribution in [3.8, 4) is 26.8 Å². The van der Waals surface area contributed by atoms with Crippen molar-refractivity contribution in [2.24, 2.45) is 0 Å². The highest BCUT2D eigenvalue weighted by atomic mass is 32.1. The van der Waals surface area contributed by atoms with Gasteiger partial charge in [0.15, 0.2) is 0 Å². The van der Waals surface area contributed by atoms with E-state index in [-0.39, 0.29) is 0 Å². The van der Waals surface area contributed by atoms with Crippen LogP contribution in [-0.4, -0.2) is 12.3 Å². The molecule has 0 spiro atoms. The average Bonchev–Trinajstić information content (AvgIpc) is 3.07. The van der Waals surface area contributed by atoms with Crippen LogP contribution in [0.3, 0.4) is 0 Å². The number of nitrogens with zero attached hydrogens (tertiary/aromatic N) is 1. The van der Waals surface area contributed by atoms with Gasteiger partial charge in [-0.3, -0.25) is 0 Å². The minimum absolute atomic E-state index is 0.336. The van der Waals surface area contributed by atoms with Crippen molar-refractivity contribution >= 4 is 28.6 Å². The van der Waals surface area contributed by atoms with E-state index >= 15 is 0 Å². The molecule has 0 amide bonds. The zero-order valence-electron chi connectivity index (χ0n) is 9.54. The first-order valence-corrected chi connectivity index (χ1v) is 6.98. The summed E-state index contributed by atoms with van der Waals surface area (Å²) in [6.45, 7) is 0. The number of ether oxygens (including phenoxy) is 1. The Morgan fingerprint density at radius 2 is 2.17 bits per heavy atom. The number of nitrogen functional groups attached to an aromatic ring is 1. The average molecular weight is 278 g/mol. The molecule has 3 heterocycles. The molecule has 4 nitrogen and oxygen atoms in total. The van der Waals surface area contributed by atoms with Crippen molar-refractivity contribution in [1.82, 2.24) is 5.16 Å². The van der Waals surface area contributed by atoms with E-state index in [1.54, 1.807) is 29.8 Å². The van der Waals surface area contributed by atoms with E-state index in [1.165, 1.54) is 0 Å². The van der Waals surface area contributed by atoms with E-state index in [2.05, 4.69) is 5.16 Å². The number of thiophene rings is 2. The normalized spacial score (nSPS) is 10.7. The Balaban J connectivity index is 2.20. The molecule has 3 aromatic heterocycles. The Bertz CT molecular complexity index is 655. The molecule has 3 rings (SSSR count). The standard InChI is InChI=1S/C12H10N2O2S2/c1-15-7-4-6-18-11(7)10-9(12(13)16-14-10)8-3-2-5-17-8/h2-6H,13H2,1H3. The predicted octanol–water partition coefficient (Wildman–Crippen LogP) is 3.72. The summed E-state index contributed by atoms with van der Waals surface area (Å²) in [5.74, 6) is 1.12. The predicted molar refractivity (Wildman–Crippen MR) is 74.1 cm³/mol. The number of rotatable bonds is 3. The third-order valence-electron chi connectivity index (χ3n) is 2.55. The summed E-state index contributed by atoms with van der Waals surface area (Å²) in [5.41, 5.74) is 7.45. The first kappa shape index (κ1) is 11.3. The van der Waals surface area contributed by atoms with Gasteiger partial charge in [-0.15, -0.1) is 22.7 Å². The highest BCUT2D eigenvalue weighted by Gasteiger charge is 2.21. The molecule has 2 N–H and O–H groups in total. The van der Waals surface area contributed by atoms with Crippen LogP contribution in [0.2, 0.25) is 0 Å². The van der Waals surface area contributed by atoms with Gasteiger partial charge in [0, 0.05) is 4.88 Å². The summed E-state index contributed by atoms with van der Waals surface area (Å²) < 4.78 is 10.4. The van der Waals surface area contributed by atoms with Crippen molar-refractivity contribution in [1.29, 1.82) is 0 Å². The van der Waals surface area contributed by atoms with Crippen molar-refractivity contribution in [3.63, 3.8) is 0 Å². The van der Waals surface area contributed by atoms with Crippen LogP contribution in [0.25, 0.3) is 21.0 Å². The van der Waals surface area contributed by atoms with Crippen LogP contribution in [0.1, 0.15) is 0 Å². The smallest absolute Gasteiger partial charge is 0.231 e. The summed E-state index contributed by atoms with van der Waals surface area (Å²) in [4.78, 5) is 1.97. The molecule has 0 aromatic carbocycles. The van der Waals surface area contributed by atoms with Crippen LogP contribution in [0.4, 0.5) is 5.88 Å². The van der Waals surface area contributed by atoms with Gasteiger partial charge in [0.05, 0.1) is 17.6 Å². The molecule has 0 unspecified atom stereocenters. The molecule has 0 radical (unpaired) electrons. The number of nitrogens with two attached hydrogens (primary N) is 1. The fourth-order valence-electron chi connectivity index (χ4n) is 1.75. The third-order valence-corrected chi connectivity index (χ3v) is 4.34. The van der Waals surface area contributed by atoms with Gasteiger partial charge < -0.3 is 15.0 Å². The molecule has 0 aliphatic heterocycles. The number of hydrogen-bond acceptors (Lipinski definition) is 6. The van der Waals surface area contributed by atoms with E-state index in [0.717, 1.165) is 26.8 Å². The maximum Gasteiger partial charge on any atom is 0.231 e. The summed E-state index contributed by atoms with van der Waals surface area (Å²) in [6.07, 6.45) is 0. The second-order valence-electron chi connectivity index (χ2n) is 3.57. The summed E-state index contributed by atoms with van der Waals surface area (Å²) >= 11 is 3.16. The molecule has 6 heteroatoms. The highest BCUT2D eigenvalue weighted by Crippen LogP contribution is 2.43. The van der Waals surface area contributed by atoms with Crippen LogP contribution >= 0.6 is 22.7 Å². The lowest BCUT2D eigenvalue weighted by Gasteiger charge is -2.01. The van der Waals surface area contributed by atoms with Gasteiger partial charge in [-0.25, -0.2) is 0 Å². The number of hydrogen-bond donors (Lipinski definition) is 1. The minimum atomic E-state index is 0.336. The Morgan fingerprint density at radius 3 is 2.89 bits per heavy atom. The maximum atomic E-state index is 5.87. The first-order valence-electron chi connectivity index (χ1n) is 5.22. The lowest BCUT2D eigenvalue weighted by atomic mass is 10.1. The second-order valence-corrected chi connectivity index (χ2v) is 5.43. The Hall–Kier alpha value is -1.79. The fourth-order valence-corrected chi connectivity index (χ4v) is 3.37. The molecule has 0 aliphatic carbocycles. The van der Waals surface area contributed by atoms with Gasteiger partial charge in [-0.2, -0.15) is 0 Å². The monoisotopic (exact) mass is 278 g/mol. The van der Waals surface area contributed by atoms with Gasteiger partial charge in [-0.05, 0) is 22.9 Å². The van der Waals surface area contributed by atoms with E-state index in [9.17, 15) is 0 Å². The quantitative estimate of drug-likeness (QED) is 0.793. The molecule has 92 valence electrons. The summed E-state index contributed by atoms with van der Waals surface area (Å²) in [6, 6.07) is 5.88. The lowest BCUT2D eigenvalue weighted by molar-refractivity contribution is 0.416. The van der Waals surface area contributed by atoms with Crippen LogP contribution < -0.4 is 10.5 Å². The fraction of sp³-hybridized carbons (Fsp3) is 0.0833. The summed E-state index contributed by atoms with van der Waals surface area (Å²) in [7, 11) is 1.64. The molecule has 18 heavy (non-hydrogen) atoms. The molecule has 3 aromatic rings. The Morgan fingerprint density at radius 1 is 1.28 bits per heavy atom. The second kappa shape index (κ2) is 4.47. The van der Waals surface area contributed by atoms with Gasteiger partial charge in [-0.1, -0.05) is 11.2 Å². The van der Waals surface area contributed by atoms with E-state index in [4.69, 9.17) is 15.0 Å².